The molecule has 4 N–H and O–H groups in total. The van der Waals surface area contributed by atoms with Crippen LogP contribution in [0.5, 0.6) is 0 Å². The Morgan fingerprint density at radius 2 is 2.10 bits per heavy atom. The Labute approximate surface area is 124 Å². The minimum atomic E-state index is -0.283. The fourth-order valence-electron chi connectivity index (χ4n) is 3.01. The zero-order valence-corrected chi connectivity index (χ0v) is 12.8. The molecule has 1 saturated carbocycles. The van der Waals surface area contributed by atoms with Gasteiger partial charge in [0.05, 0.1) is 6.54 Å². The Kier molecular flexibility index (Phi) is 5.31. The summed E-state index contributed by atoms with van der Waals surface area (Å²) in [6.45, 7) is 0.754. The summed E-state index contributed by atoms with van der Waals surface area (Å²) in [5, 5.41) is 0. The van der Waals surface area contributed by atoms with E-state index in [0.29, 0.717) is 12.6 Å². The predicted molar refractivity (Wildman–Crippen MR) is 84.9 cm³/mol. The van der Waals surface area contributed by atoms with Gasteiger partial charge in [0, 0.05) is 28.7 Å². The van der Waals surface area contributed by atoms with Crippen molar-refractivity contribution in [1.29, 1.82) is 0 Å². The van der Waals surface area contributed by atoms with Gasteiger partial charge in [-0.3, -0.25) is 4.79 Å². The van der Waals surface area contributed by atoms with Gasteiger partial charge in [0.15, 0.2) is 0 Å². The number of nitrogens with zero attached hydrogens (tertiary/aromatic N) is 1. The van der Waals surface area contributed by atoms with E-state index in [0.717, 1.165) is 24.1 Å². The Hall–Kier alpha value is -1.20. The number of rotatable bonds is 6. The van der Waals surface area contributed by atoms with Crippen LogP contribution >= 0.6 is 11.8 Å². The number of carbonyl (C=O) groups is 1. The van der Waals surface area contributed by atoms with Crippen molar-refractivity contribution in [2.45, 2.75) is 43.2 Å². The maximum atomic E-state index is 11.4. The van der Waals surface area contributed by atoms with Gasteiger partial charge in [0.2, 0.25) is 5.91 Å². The molecule has 1 amide bonds. The van der Waals surface area contributed by atoms with Crippen LogP contribution in [0, 0.1) is 0 Å². The fourth-order valence-corrected chi connectivity index (χ4v) is 3.66. The van der Waals surface area contributed by atoms with E-state index >= 15 is 0 Å². The van der Waals surface area contributed by atoms with E-state index in [-0.39, 0.29) is 12.5 Å². The van der Waals surface area contributed by atoms with Gasteiger partial charge in [-0.1, -0.05) is 18.9 Å². The molecule has 1 aromatic carbocycles. The van der Waals surface area contributed by atoms with Gasteiger partial charge in [-0.05, 0) is 31.2 Å². The molecule has 4 nitrogen and oxygen atoms in total. The summed E-state index contributed by atoms with van der Waals surface area (Å²) < 4.78 is 0. The first-order valence-corrected chi connectivity index (χ1v) is 8.30. The first-order chi connectivity index (χ1) is 9.67. The molecule has 0 aromatic heterocycles. The Balaban J connectivity index is 2.39. The molecular weight excluding hydrogens is 270 g/mol. The van der Waals surface area contributed by atoms with Gasteiger partial charge < -0.3 is 16.4 Å². The summed E-state index contributed by atoms with van der Waals surface area (Å²) in [4.78, 5) is 14.8. The summed E-state index contributed by atoms with van der Waals surface area (Å²) in [6, 6.07) is 6.57. The molecule has 0 radical (unpaired) electrons. The minimum absolute atomic E-state index is 0.273. The normalized spacial score (nSPS) is 15.5. The van der Waals surface area contributed by atoms with Crippen molar-refractivity contribution in [3.05, 3.63) is 23.8 Å². The lowest BCUT2D eigenvalue weighted by Crippen LogP contribution is -2.41. The van der Waals surface area contributed by atoms with Gasteiger partial charge in [-0.15, -0.1) is 11.8 Å². The second-order valence-electron chi connectivity index (χ2n) is 5.19. The second-order valence-corrected chi connectivity index (χ2v) is 6.04. The zero-order valence-electron chi connectivity index (χ0n) is 12.0. The van der Waals surface area contributed by atoms with Crippen LogP contribution in [0.3, 0.4) is 0 Å². The zero-order chi connectivity index (χ0) is 14.5. The van der Waals surface area contributed by atoms with Gasteiger partial charge in [0.25, 0.3) is 0 Å². The average Bonchev–Trinajstić information content (AvgIpc) is 2.97. The largest absolute Gasteiger partial charge is 0.368 e. The molecule has 0 saturated heterocycles. The molecule has 0 aliphatic heterocycles. The SMILES string of the molecule is CSc1cccc(N(CC(N)=O)C2CCCC2)c1CN. The average molecular weight is 293 g/mol. The molecule has 20 heavy (non-hydrogen) atoms. The molecule has 0 atom stereocenters. The summed E-state index contributed by atoms with van der Waals surface area (Å²) in [5.74, 6) is -0.283. The number of hydrogen-bond donors (Lipinski definition) is 2. The lowest BCUT2D eigenvalue weighted by atomic mass is 10.1. The molecule has 1 fully saturated rings. The van der Waals surface area contributed by atoms with Crippen LogP contribution < -0.4 is 16.4 Å². The highest BCUT2D eigenvalue weighted by Crippen LogP contribution is 2.34. The van der Waals surface area contributed by atoms with Crippen molar-refractivity contribution < 1.29 is 4.79 Å². The number of amides is 1. The smallest absolute Gasteiger partial charge is 0.236 e. The van der Waals surface area contributed by atoms with Crippen LogP contribution in [-0.2, 0) is 11.3 Å². The number of carbonyl (C=O) groups excluding carboxylic acids is 1. The number of benzene rings is 1. The third-order valence-corrected chi connectivity index (χ3v) is 4.76. The van der Waals surface area contributed by atoms with E-state index in [1.165, 1.54) is 17.7 Å². The van der Waals surface area contributed by atoms with Crippen molar-refractivity contribution in [3.63, 3.8) is 0 Å². The van der Waals surface area contributed by atoms with Crippen LogP contribution in [0.15, 0.2) is 23.1 Å². The third-order valence-electron chi connectivity index (χ3n) is 3.93. The number of nitrogens with two attached hydrogens (primary N) is 2. The first kappa shape index (κ1) is 15.2. The van der Waals surface area contributed by atoms with Crippen molar-refractivity contribution in [2.24, 2.45) is 11.5 Å². The van der Waals surface area contributed by atoms with Crippen LogP contribution in [-0.4, -0.2) is 24.7 Å². The topological polar surface area (TPSA) is 72.3 Å². The fraction of sp³-hybridized carbons (Fsp3) is 0.533. The van der Waals surface area contributed by atoms with Crippen molar-refractivity contribution >= 4 is 23.4 Å². The number of thioether (sulfide) groups is 1. The number of hydrogen-bond acceptors (Lipinski definition) is 4. The van der Waals surface area contributed by atoms with E-state index in [2.05, 4.69) is 17.0 Å². The Morgan fingerprint density at radius 3 is 2.65 bits per heavy atom. The number of primary amides is 1. The predicted octanol–water partition coefficient (Wildman–Crippen LogP) is 2.10. The van der Waals surface area contributed by atoms with E-state index in [9.17, 15) is 4.79 Å². The molecule has 110 valence electrons. The molecule has 1 aliphatic carbocycles. The molecule has 1 aliphatic rings. The van der Waals surface area contributed by atoms with Gasteiger partial charge in [-0.2, -0.15) is 0 Å². The van der Waals surface area contributed by atoms with Crippen LogP contribution in [0.1, 0.15) is 31.2 Å². The Morgan fingerprint density at radius 1 is 1.40 bits per heavy atom. The first-order valence-electron chi connectivity index (χ1n) is 7.08. The van der Waals surface area contributed by atoms with Crippen molar-refractivity contribution in [1.82, 2.24) is 0 Å². The van der Waals surface area contributed by atoms with Gasteiger partial charge >= 0.3 is 0 Å². The quantitative estimate of drug-likeness (QED) is 0.788. The van der Waals surface area contributed by atoms with Crippen LogP contribution in [0.2, 0.25) is 0 Å². The van der Waals surface area contributed by atoms with E-state index in [4.69, 9.17) is 11.5 Å². The van der Waals surface area contributed by atoms with E-state index in [1.807, 2.05) is 12.3 Å². The standard InChI is InChI=1S/C15H23N3OS/c1-20-14-8-4-7-13(12(14)9-16)18(10-15(17)19)11-5-2-3-6-11/h4,7-8,11H,2-3,5-6,9-10,16H2,1H3,(H2,17,19). The maximum Gasteiger partial charge on any atom is 0.236 e. The molecular formula is C15H23N3OS. The lowest BCUT2D eigenvalue weighted by Gasteiger charge is -2.32. The third kappa shape index (κ3) is 3.27. The summed E-state index contributed by atoms with van der Waals surface area (Å²) in [6.07, 6.45) is 6.74. The molecule has 2 rings (SSSR count). The van der Waals surface area contributed by atoms with Crippen LogP contribution in [0.25, 0.3) is 0 Å². The molecule has 0 heterocycles. The van der Waals surface area contributed by atoms with Crippen LogP contribution in [0.4, 0.5) is 5.69 Å². The van der Waals surface area contributed by atoms with E-state index < -0.39 is 0 Å². The second kappa shape index (κ2) is 6.99. The summed E-state index contributed by atoms with van der Waals surface area (Å²) >= 11 is 1.69. The minimum Gasteiger partial charge on any atom is -0.368 e. The number of anilines is 1. The molecule has 0 unspecified atom stereocenters. The highest BCUT2D eigenvalue weighted by atomic mass is 32.2. The van der Waals surface area contributed by atoms with Crippen molar-refractivity contribution in [3.8, 4) is 0 Å². The summed E-state index contributed by atoms with van der Waals surface area (Å²) in [7, 11) is 0. The van der Waals surface area contributed by atoms with Crippen molar-refractivity contribution in [2.75, 3.05) is 17.7 Å². The summed E-state index contributed by atoms with van der Waals surface area (Å²) in [5.41, 5.74) is 13.6. The maximum absolute atomic E-state index is 11.4. The van der Waals surface area contributed by atoms with E-state index in [1.54, 1.807) is 11.8 Å². The molecule has 5 heteroatoms. The van der Waals surface area contributed by atoms with Gasteiger partial charge in [0.1, 0.15) is 0 Å². The molecule has 0 spiro atoms. The Bertz CT molecular complexity index is 472. The lowest BCUT2D eigenvalue weighted by molar-refractivity contribution is -0.116. The molecule has 1 aromatic rings. The van der Waals surface area contributed by atoms with Gasteiger partial charge in [-0.25, -0.2) is 0 Å². The highest BCUT2D eigenvalue weighted by molar-refractivity contribution is 7.98. The highest BCUT2D eigenvalue weighted by Gasteiger charge is 2.26. The monoisotopic (exact) mass is 293 g/mol. The molecule has 0 bridgehead atoms.